The molecule has 0 spiro atoms. The van der Waals surface area contributed by atoms with Crippen LogP contribution in [-0.4, -0.2) is 12.5 Å². The smallest absolute Gasteiger partial charge is 0.238 e. The molecule has 3 N–H and O–H groups in total. The monoisotopic (exact) mass is 196 g/mol. The third-order valence-corrected chi connectivity index (χ3v) is 1.52. The summed E-state index contributed by atoms with van der Waals surface area (Å²) in [6, 6.07) is 7.57. The molecule has 0 unspecified atom stereocenters. The Morgan fingerprint density at radius 1 is 1.36 bits per heavy atom. The maximum absolute atomic E-state index is 10.8. The van der Waals surface area contributed by atoms with E-state index >= 15 is 0 Å². The van der Waals surface area contributed by atoms with E-state index in [2.05, 4.69) is 5.32 Å². The Morgan fingerprint density at radius 3 is 2.29 bits per heavy atom. The molecule has 0 aliphatic rings. The van der Waals surface area contributed by atoms with Crippen LogP contribution < -0.4 is 11.1 Å². The summed E-state index contributed by atoms with van der Waals surface area (Å²) in [5.41, 5.74) is 7.09. The summed E-state index contributed by atoms with van der Waals surface area (Å²) < 4.78 is 0. The molecule has 1 amide bonds. The molecule has 0 radical (unpaired) electrons. The van der Waals surface area contributed by atoms with E-state index in [1.807, 2.05) is 45.0 Å². The molecule has 80 valence electrons. The Bertz CT molecular complexity index is 272. The highest BCUT2D eigenvalue weighted by Crippen LogP contribution is 2.07. The van der Waals surface area contributed by atoms with Crippen molar-refractivity contribution in [3.05, 3.63) is 29.8 Å². The van der Waals surface area contributed by atoms with Gasteiger partial charge in [-0.25, -0.2) is 0 Å². The lowest BCUT2D eigenvalue weighted by Gasteiger charge is -2.02. The third kappa shape index (κ3) is 4.62. The van der Waals surface area contributed by atoms with Crippen molar-refractivity contribution in [1.29, 1.82) is 0 Å². The van der Waals surface area contributed by atoms with E-state index in [0.29, 0.717) is 0 Å². The Kier molecular flexibility index (Phi) is 6.41. The maximum atomic E-state index is 10.8. The Labute approximate surface area is 86.8 Å². The molecule has 1 aromatic carbocycles. The minimum Gasteiger partial charge on any atom is -0.325 e. The molecule has 3 nitrogen and oxygen atoms in total. The van der Waals surface area contributed by atoms with Crippen molar-refractivity contribution in [2.45, 2.75) is 20.8 Å². The van der Waals surface area contributed by atoms with E-state index in [1.165, 1.54) is 5.56 Å². The molecular weight excluding hydrogens is 176 g/mol. The van der Waals surface area contributed by atoms with Gasteiger partial charge in [0.2, 0.25) is 5.91 Å². The lowest BCUT2D eigenvalue weighted by Crippen LogP contribution is -2.21. The van der Waals surface area contributed by atoms with Crippen molar-refractivity contribution in [1.82, 2.24) is 0 Å². The van der Waals surface area contributed by atoms with Crippen molar-refractivity contribution in [2.24, 2.45) is 5.73 Å². The molecule has 0 heterocycles. The highest BCUT2D eigenvalue weighted by Gasteiger charge is 1.96. The fraction of sp³-hybridized carbons (Fsp3) is 0.364. The van der Waals surface area contributed by atoms with Gasteiger partial charge in [0, 0.05) is 7.11 Å². The topological polar surface area (TPSA) is 55.1 Å². The zero-order valence-corrected chi connectivity index (χ0v) is 9.00. The van der Waals surface area contributed by atoms with Crippen molar-refractivity contribution in [3.8, 4) is 0 Å². The molecule has 1 rings (SSSR count). The number of benzene rings is 1. The van der Waals surface area contributed by atoms with E-state index in [0.717, 1.165) is 5.69 Å². The van der Waals surface area contributed by atoms with Gasteiger partial charge in [-0.05, 0) is 19.1 Å². The standard InChI is InChI=1S/C9H12N2O.C2H6.H2/c1-7-2-4-8(5-3-7)11-9(12)6-10;1-2;/h2-5H,6,10H2,1H3,(H,11,12);1-2H3;1H. The average molecular weight is 196 g/mol. The van der Waals surface area contributed by atoms with Gasteiger partial charge in [0.1, 0.15) is 0 Å². The zero-order valence-electron chi connectivity index (χ0n) is 9.00. The van der Waals surface area contributed by atoms with Crippen LogP contribution >= 0.6 is 0 Å². The van der Waals surface area contributed by atoms with Crippen LogP contribution in [0.5, 0.6) is 0 Å². The van der Waals surface area contributed by atoms with Gasteiger partial charge in [0.25, 0.3) is 0 Å². The summed E-state index contributed by atoms with van der Waals surface area (Å²) in [7, 11) is 0. The van der Waals surface area contributed by atoms with Crippen LogP contribution in [0.25, 0.3) is 0 Å². The summed E-state index contributed by atoms with van der Waals surface area (Å²) in [5.74, 6) is -0.168. The lowest BCUT2D eigenvalue weighted by molar-refractivity contribution is -0.114. The fourth-order valence-electron chi connectivity index (χ4n) is 0.849. The minimum atomic E-state index is -0.168. The van der Waals surface area contributed by atoms with Crippen LogP contribution in [0.2, 0.25) is 0 Å². The first-order valence-corrected chi connectivity index (χ1v) is 4.79. The van der Waals surface area contributed by atoms with Crippen molar-refractivity contribution in [2.75, 3.05) is 11.9 Å². The number of rotatable bonds is 2. The van der Waals surface area contributed by atoms with Gasteiger partial charge in [-0.2, -0.15) is 0 Å². The second kappa shape index (κ2) is 7.09. The van der Waals surface area contributed by atoms with Crippen LogP contribution in [-0.2, 0) is 4.79 Å². The van der Waals surface area contributed by atoms with Crippen molar-refractivity contribution >= 4 is 11.6 Å². The molecule has 0 bridgehead atoms. The SMILES string of the molecule is CC.Cc1ccc(NC(=O)CN)cc1.[HH]. The molecule has 1 aromatic rings. The second-order valence-electron chi connectivity index (χ2n) is 2.62. The molecule has 0 aromatic heterocycles. The van der Waals surface area contributed by atoms with Gasteiger partial charge in [0.05, 0.1) is 6.54 Å². The first-order chi connectivity index (χ1) is 6.72. The van der Waals surface area contributed by atoms with Crippen LogP contribution in [0.1, 0.15) is 20.8 Å². The van der Waals surface area contributed by atoms with Crippen LogP contribution in [0.15, 0.2) is 24.3 Å². The summed E-state index contributed by atoms with van der Waals surface area (Å²) in [6.07, 6.45) is 0. The first-order valence-electron chi connectivity index (χ1n) is 4.79. The number of carbonyl (C=O) groups excluding carboxylic acids is 1. The number of hydrogen-bond acceptors (Lipinski definition) is 2. The average Bonchev–Trinajstić information content (AvgIpc) is 2.24. The predicted molar refractivity (Wildman–Crippen MR) is 62.3 cm³/mol. The number of carbonyl (C=O) groups is 1. The summed E-state index contributed by atoms with van der Waals surface area (Å²) in [6.45, 7) is 6.02. The summed E-state index contributed by atoms with van der Waals surface area (Å²) in [5, 5.41) is 2.65. The van der Waals surface area contributed by atoms with Gasteiger partial charge in [-0.15, -0.1) is 0 Å². The molecule has 0 saturated carbocycles. The maximum Gasteiger partial charge on any atom is 0.238 e. The lowest BCUT2D eigenvalue weighted by atomic mass is 10.2. The van der Waals surface area contributed by atoms with Crippen LogP contribution in [0.4, 0.5) is 5.69 Å². The van der Waals surface area contributed by atoms with Gasteiger partial charge >= 0.3 is 0 Å². The largest absolute Gasteiger partial charge is 0.325 e. The molecule has 0 aliphatic carbocycles. The van der Waals surface area contributed by atoms with E-state index in [4.69, 9.17) is 5.73 Å². The number of nitrogens with two attached hydrogens (primary N) is 1. The second-order valence-corrected chi connectivity index (χ2v) is 2.62. The van der Waals surface area contributed by atoms with Crippen LogP contribution in [0, 0.1) is 6.92 Å². The Balaban J connectivity index is 0. The van der Waals surface area contributed by atoms with Crippen LogP contribution in [0.3, 0.4) is 0 Å². The zero-order chi connectivity index (χ0) is 11.0. The van der Waals surface area contributed by atoms with E-state index in [-0.39, 0.29) is 13.9 Å². The van der Waals surface area contributed by atoms with Gasteiger partial charge in [0.15, 0.2) is 0 Å². The number of nitrogens with one attached hydrogen (secondary N) is 1. The third-order valence-electron chi connectivity index (χ3n) is 1.52. The normalized spacial score (nSPS) is 8.57. The summed E-state index contributed by atoms with van der Waals surface area (Å²) >= 11 is 0. The van der Waals surface area contributed by atoms with Gasteiger partial charge < -0.3 is 11.1 Å². The van der Waals surface area contributed by atoms with Crippen molar-refractivity contribution < 1.29 is 6.22 Å². The van der Waals surface area contributed by atoms with Gasteiger partial charge in [-0.1, -0.05) is 31.5 Å². The fourth-order valence-corrected chi connectivity index (χ4v) is 0.849. The molecule has 14 heavy (non-hydrogen) atoms. The highest BCUT2D eigenvalue weighted by atomic mass is 16.1. The first kappa shape index (κ1) is 12.7. The molecule has 0 atom stereocenters. The quantitative estimate of drug-likeness (QED) is 0.761. The Hall–Kier alpha value is -1.35. The van der Waals surface area contributed by atoms with E-state index in [9.17, 15) is 4.79 Å². The van der Waals surface area contributed by atoms with E-state index in [1.54, 1.807) is 0 Å². The molecular formula is C11H20N2O. The number of aryl methyl sites for hydroxylation is 1. The molecule has 3 heteroatoms. The van der Waals surface area contributed by atoms with Gasteiger partial charge in [-0.3, -0.25) is 4.79 Å². The highest BCUT2D eigenvalue weighted by molar-refractivity contribution is 5.92. The Morgan fingerprint density at radius 2 is 1.86 bits per heavy atom. The van der Waals surface area contributed by atoms with E-state index < -0.39 is 0 Å². The van der Waals surface area contributed by atoms with Crippen molar-refractivity contribution in [3.63, 3.8) is 0 Å². The number of anilines is 1. The minimum absolute atomic E-state index is 0. The predicted octanol–water partition coefficient (Wildman–Crippen LogP) is 2.16. The number of amides is 1. The molecule has 0 saturated heterocycles. The summed E-state index contributed by atoms with van der Waals surface area (Å²) in [4.78, 5) is 10.8. The molecule has 0 fully saturated rings. The molecule has 0 aliphatic heterocycles. The number of hydrogen-bond donors (Lipinski definition) is 2.